The summed E-state index contributed by atoms with van der Waals surface area (Å²) in [6.07, 6.45) is 1.58. The van der Waals surface area contributed by atoms with Crippen LogP contribution in [0.15, 0.2) is 24.4 Å². The minimum Gasteiger partial charge on any atom is -0.321 e. The minimum absolute atomic E-state index is 0.152. The number of thiazole rings is 1. The van der Waals surface area contributed by atoms with Gasteiger partial charge in [-0.25, -0.2) is 4.98 Å². The number of hydrogen-bond donors (Lipinski definition) is 1. The normalized spacial score (nSPS) is 10.3. The zero-order chi connectivity index (χ0) is 12.4. The summed E-state index contributed by atoms with van der Waals surface area (Å²) < 4.78 is 0. The molecule has 1 aromatic carbocycles. The van der Waals surface area contributed by atoms with E-state index < -0.39 is 0 Å². The molecule has 0 bridgehead atoms. The van der Waals surface area contributed by atoms with E-state index in [2.05, 4.69) is 10.3 Å². The highest BCUT2D eigenvalue weighted by molar-refractivity contribution is 7.13. The topological polar surface area (TPSA) is 42.0 Å². The highest BCUT2D eigenvalue weighted by atomic mass is 35.5. The number of nitrogens with one attached hydrogen (secondary N) is 1. The standard InChI is InChI=1S/C12H11ClN2OS/c1-7-3-4-9(13)5-10(7)15-12(16)11-6-14-8(2)17-11/h3-6H,1-2H3,(H,15,16). The Bertz CT molecular complexity index is 565. The van der Waals surface area contributed by atoms with Crippen molar-refractivity contribution in [3.8, 4) is 0 Å². The van der Waals surface area contributed by atoms with E-state index in [1.807, 2.05) is 19.9 Å². The highest BCUT2D eigenvalue weighted by Gasteiger charge is 2.10. The van der Waals surface area contributed by atoms with Gasteiger partial charge in [-0.05, 0) is 31.5 Å². The number of rotatable bonds is 2. The van der Waals surface area contributed by atoms with Gasteiger partial charge in [-0.2, -0.15) is 0 Å². The Morgan fingerprint density at radius 3 is 2.82 bits per heavy atom. The zero-order valence-corrected chi connectivity index (χ0v) is 11.0. The lowest BCUT2D eigenvalue weighted by molar-refractivity contribution is 0.103. The van der Waals surface area contributed by atoms with Crippen LogP contribution in [-0.4, -0.2) is 10.9 Å². The maximum atomic E-state index is 11.9. The third-order valence-electron chi connectivity index (χ3n) is 2.29. The number of anilines is 1. The summed E-state index contributed by atoms with van der Waals surface area (Å²) in [5, 5.41) is 4.30. The first-order valence-electron chi connectivity index (χ1n) is 5.06. The molecule has 0 unspecified atom stereocenters. The van der Waals surface area contributed by atoms with Gasteiger partial charge in [0.25, 0.3) is 5.91 Å². The second-order valence-electron chi connectivity index (χ2n) is 3.66. The van der Waals surface area contributed by atoms with Crippen molar-refractivity contribution in [2.45, 2.75) is 13.8 Å². The molecule has 0 spiro atoms. The van der Waals surface area contributed by atoms with Crippen molar-refractivity contribution >= 4 is 34.5 Å². The van der Waals surface area contributed by atoms with Crippen LogP contribution in [0.3, 0.4) is 0 Å². The number of carbonyl (C=O) groups is 1. The van der Waals surface area contributed by atoms with Crippen LogP contribution in [0.1, 0.15) is 20.2 Å². The number of carbonyl (C=O) groups excluding carboxylic acids is 1. The molecule has 3 nitrogen and oxygen atoms in total. The van der Waals surface area contributed by atoms with Crippen LogP contribution in [0.25, 0.3) is 0 Å². The van der Waals surface area contributed by atoms with Crippen LogP contribution in [0.2, 0.25) is 5.02 Å². The number of aryl methyl sites for hydroxylation is 2. The van der Waals surface area contributed by atoms with Crippen LogP contribution >= 0.6 is 22.9 Å². The number of aromatic nitrogens is 1. The van der Waals surface area contributed by atoms with E-state index in [9.17, 15) is 4.79 Å². The molecule has 0 aliphatic heterocycles. The predicted molar refractivity (Wildman–Crippen MR) is 71.0 cm³/mol. The number of halogens is 1. The van der Waals surface area contributed by atoms with Crippen molar-refractivity contribution in [3.63, 3.8) is 0 Å². The van der Waals surface area contributed by atoms with Gasteiger partial charge in [-0.15, -0.1) is 11.3 Å². The lowest BCUT2D eigenvalue weighted by Gasteiger charge is -2.07. The molecule has 0 saturated heterocycles. The van der Waals surface area contributed by atoms with Gasteiger partial charge in [0, 0.05) is 10.7 Å². The molecule has 17 heavy (non-hydrogen) atoms. The first kappa shape index (κ1) is 12.1. The van der Waals surface area contributed by atoms with Gasteiger partial charge < -0.3 is 5.32 Å². The molecule has 0 atom stereocenters. The fraction of sp³-hybridized carbons (Fsp3) is 0.167. The molecule has 0 fully saturated rings. The minimum atomic E-state index is -0.152. The second kappa shape index (κ2) is 4.85. The molecule has 1 amide bonds. The molecule has 5 heteroatoms. The van der Waals surface area contributed by atoms with Crippen molar-refractivity contribution in [2.24, 2.45) is 0 Å². The second-order valence-corrected chi connectivity index (χ2v) is 5.33. The fourth-order valence-corrected chi connectivity index (χ4v) is 2.22. The molecule has 1 N–H and O–H groups in total. The van der Waals surface area contributed by atoms with Crippen molar-refractivity contribution in [2.75, 3.05) is 5.32 Å². The predicted octanol–water partition coefficient (Wildman–Crippen LogP) is 3.67. The summed E-state index contributed by atoms with van der Waals surface area (Å²) in [6, 6.07) is 5.40. The van der Waals surface area contributed by atoms with Gasteiger partial charge in [-0.1, -0.05) is 17.7 Å². The largest absolute Gasteiger partial charge is 0.321 e. The molecule has 1 heterocycles. The van der Waals surface area contributed by atoms with E-state index in [-0.39, 0.29) is 5.91 Å². The average Bonchev–Trinajstić information content (AvgIpc) is 2.70. The molecular formula is C12H11ClN2OS. The van der Waals surface area contributed by atoms with Gasteiger partial charge >= 0.3 is 0 Å². The molecule has 0 saturated carbocycles. The molecule has 0 radical (unpaired) electrons. The third kappa shape index (κ3) is 2.84. The molecule has 2 aromatic rings. The lowest BCUT2D eigenvalue weighted by atomic mass is 10.2. The molecule has 2 rings (SSSR count). The zero-order valence-electron chi connectivity index (χ0n) is 9.45. The maximum absolute atomic E-state index is 11.9. The first-order chi connectivity index (χ1) is 8.06. The molecule has 0 aliphatic rings. The van der Waals surface area contributed by atoms with Crippen molar-refractivity contribution in [3.05, 3.63) is 44.9 Å². The van der Waals surface area contributed by atoms with Crippen molar-refractivity contribution in [1.29, 1.82) is 0 Å². The Hall–Kier alpha value is -1.39. The van der Waals surface area contributed by atoms with E-state index in [1.165, 1.54) is 11.3 Å². The van der Waals surface area contributed by atoms with Crippen LogP contribution in [-0.2, 0) is 0 Å². The molecule has 88 valence electrons. The number of amides is 1. The van der Waals surface area contributed by atoms with Gasteiger partial charge in [0.05, 0.1) is 11.2 Å². The highest BCUT2D eigenvalue weighted by Crippen LogP contribution is 2.21. The average molecular weight is 267 g/mol. The van der Waals surface area contributed by atoms with Gasteiger partial charge in [0.15, 0.2) is 0 Å². The Labute approximate surface area is 108 Å². The Morgan fingerprint density at radius 1 is 1.41 bits per heavy atom. The Balaban J connectivity index is 2.21. The van der Waals surface area contributed by atoms with Gasteiger partial charge in [0.1, 0.15) is 4.88 Å². The SMILES string of the molecule is Cc1ncc(C(=O)Nc2cc(Cl)ccc2C)s1. The smallest absolute Gasteiger partial charge is 0.267 e. The summed E-state index contributed by atoms with van der Waals surface area (Å²) in [7, 11) is 0. The lowest BCUT2D eigenvalue weighted by Crippen LogP contribution is -2.11. The van der Waals surface area contributed by atoms with E-state index >= 15 is 0 Å². The van der Waals surface area contributed by atoms with Crippen LogP contribution in [0.5, 0.6) is 0 Å². The summed E-state index contributed by atoms with van der Waals surface area (Å²) >= 11 is 7.26. The van der Waals surface area contributed by atoms with Crippen LogP contribution in [0.4, 0.5) is 5.69 Å². The van der Waals surface area contributed by atoms with E-state index in [0.717, 1.165) is 16.3 Å². The summed E-state index contributed by atoms with van der Waals surface area (Å²) in [5.74, 6) is -0.152. The first-order valence-corrected chi connectivity index (χ1v) is 6.25. The fourth-order valence-electron chi connectivity index (χ4n) is 1.38. The molecule has 0 aliphatic carbocycles. The number of benzene rings is 1. The van der Waals surface area contributed by atoms with Crippen LogP contribution in [0, 0.1) is 13.8 Å². The number of hydrogen-bond acceptors (Lipinski definition) is 3. The monoisotopic (exact) mass is 266 g/mol. The maximum Gasteiger partial charge on any atom is 0.267 e. The van der Waals surface area contributed by atoms with E-state index in [0.29, 0.717) is 9.90 Å². The van der Waals surface area contributed by atoms with Crippen LogP contribution < -0.4 is 5.32 Å². The van der Waals surface area contributed by atoms with Crippen molar-refractivity contribution in [1.82, 2.24) is 4.98 Å². The van der Waals surface area contributed by atoms with E-state index in [1.54, 1.807) is 18.3 Å². The number of nitrogens with zero attached hydrogens (tertiary/aromatic N) is 1. The summed E-state index contributed by atoms with van der Waals surface area (Å²) in [5.41, 5.74) is 1.71. The Kier molecular flexibility index (Phi) is 3.45. The summed E-state index contributed by atoms with van der Waals surface area (Å²) in [4.78, 5) is 16.6. The van der Waals surface area contributed by atoms with Gasteiger partial charge in [0.2, 0.25) is 0 Å². The van der Waals surface area contributed by atoms with Crippen molar-refractivity contribution < 1.29 is 4.79 Å². The molecule has 1 aromatic heterocycles. The third-order valence-corrected chi connectivity index (χ3v) is 3.44. The molecular weight excluding hydrogens is 256 g/mol. The van der Waals surface area contributed by atoms with Gasteiger partial charge in [-0.3, -0.25) is 4.79 Å². The quantitative estimate of drug-likeness (QED) is 0.901. The van der Waals surface area contributed by atoms with E-state index in [4.69, 9.17) is 11.6 Å². The Morgan fingerprint density at radius 2 is 2.18 bits per heavy atom. The summed E-state index contributed by atoms with van der Waals surface area (Å²) in [6.45, 7) is 3.79.